The number of fused-ring (bicyclic) bond motifs is 1. The molecule has 0 radical (unpaired) electrons. The van der Waals surface area contributed by atoms with Crippen molar-refractivity contribution < 1.29 is 4.79 Å². The summed E-state index contributed by atoms with van der Waals surface area (Å²) in [6.07, 6.45) is 7.45. The molecule has 1 aliphatic carbocycles. The zero-order valence-electron chi connectivity index (χ0n) is 14.8. The van der Waals surface area contributed by atoms with E-state index in [9.17, 15) is 4.79 Å². The molecule has 0 amide bonds. The number of Topliss-reactive ketones (excluding diaryl/α,β-unsaturated/α-hetero) is 1. The number of H-pyrrole nitrogens is 1. The second-order valence-electron chi connectivity index (χ2n) is 7.32. The number of hydrogen-bond acceptors (Lipinski definition) is 2. The number of rotatable bonds is 6. The second kappa shape index (κ2) is 7.63. The van der Waals surface area contributed by atoms with Gasteiger partial charge in [0.15, 0.2) is 0 Å². The van der Waals surface area contributed by atoms with Gasteiger partial charge in [0.2, 0.25) is 0 Å². The monoisotopic (exact) mass is 366 g/mol. The lowest BCUT2D eigenvalue weighted by atomic mass is 9.97. The standard InChI is InChI=1S/C22H23ClN2O/c23-19-12-10-16(13-17(26)11-9-15-5-1-2-6-15)14-18(19)22-24-20-7-3-4-8-21(20)25-22/h3-4,7-8,10,12,14-15H,1-2,5-6,9,11,13H2,(H,24,25). The lowest BCUT2D eigenvalue weighted by Gasteiger charge is -2.09. The fourth-order valence-corrected chi connectivity index (χ4v) is 4.13. The molecule has 1 fully saturated rings. The Balaban J connectivity index is 1.49. The van der Waals surface area contributed by atoms with Gasteiger partial charge in [0.25, 0.3) is 0 Å². The van der Waals surface area contributed by atoms with Gasteiger partial charge in [-0.15, -0.1) is 0 Å². The largest absolute Gasteiger partial charge is 0.338 e. The Morgan fingerprint density at radius 1 is 1.15 bits per heavy atom. The summed E-state index contributed by atoms with van der Waals surface area (Å²) in [6.45, 7) is 0. The maximum absolute atomic E-state index is 12.4. The van der Waals surface area contributed by atoms with E-state index >= 15 is 0 Å². The minimum Gasteiger partial charge on any atom is -0.338 e. The first-order chi connectivity index (χ1) is 12.7. The van der Waals surface area contributed by atoms with Crippen LogP contribution in [0.2, 0.25) is 5.02 Å². The first-order valence-corrected chi connectivity index (χ1v) is 9.82. The van der Waals surface area contributed by atoms with Crippen molar-refractivity contribution in [2.75, 3.05) is 0 Å². The van der Waals surface area contributed by atoms with E-state index in [1.807, 2.05) is 42.5 Å². The molecule has 26 heavy (non-hydrogen) atoms. The summed E-state index contributed by atoms with van der Waals surface area (Å²) in [6, 6.07) is 13.7. The summed E-state index contributed by atoms with van der Waals surface area (Å²) in [5, 5.41) is 0.645. The van der Waals surface area contributed by atoms with Crippen LogP contribution in [0.1, 0.15) is 44.1 Å². The molecule has 134 valence electrons. The van der Waals surface area contributed by atoms with Crippen LogP contribution in [0.3, 0.4) is 0 Å². The van der Waals surface area contributed by atoms with E-state index in [1.54, 1.807) is 0 Å². The predicted octanol–water partition coefficient (Wildman–Crippen LogP) is 5.97. The van der Waals surface area contributed by atoms with Crippen molar-refractivity contribution in [2.24, 2.45) is 5.92 Å². The van der Waals surface area contributed by atoms with E-state index in [4.69, 9.17) is 11.6 Å². The Morgan fingerprint density at radius 2 is 1.96 bits per heavy atom. The molecule has 2 aromatic carbocycles. The molecule has 3 nitrogen and oxygen atoms in total. The minimum absolute atomic E-state index is 0.315. The molecule has 1 aromatic heterocycles. The maximum atomic E-state index is 12.4. The second-order valence-corrected chi connectivity index (χ2v) is 7.73. The van der Waals surface area contributed by atoms with E-state index in [0.717, 1.165) is 40.3 Å². The smallest absolute Gasteiger partial charge is 0.140 e. The molecule has 1 heterocycles. The van der Waals surface area contributed by atoms with Crippen molar-refractivity contribution in [1.82, 2.24) is 9.97 Å². The van der Waals surface area contributed by atoms with Gasteiger partial charge in [-0.05, 0) is 42.2 Å². The lowest BCUT2D eigenvalue weighted by molar-refractivity contribution is -0.118. The Labute approximate surface area is 158 Å². The van der Waals surface area contributed by atoms with E-state index in [1.165, 1.54) is 25.7 Å². The molecular formula is C22H23ClN2O. The van der Waals surface area contributed by atoms with Crippen LogP contribution in [0.4, 0.5) is 0 Å². The average molecular weight is 367 g/mol. The first-order valence-electron chi connectivity index (χ1n) is 9.44. The van der Waals surface area contributed by atoms with Crippen molar-refractivity contribution >= 4 is 28.4 Å². The summed E-state index contributed by atoms with van der Waals surface area (Å²) in [5.41, 5.74) is 3.75. The van der Waals surface area contributed by atoms with Gasteiger partial charge in [0.1, 0.15) is 11.6 Å². The molecule has 0 unspecified atom stereocenters. The van der Waals surface area contributed by atoms with Gasteiger partial charge in [0, 0.05) is 18.4 Å². The van der Waals surface area contributed by atoms with E-state index in [2.05, 4.69) is 9.97 Å². The number of nitrogens with zero attached hydrogens (tertiary/aromatic N) is 1. The normalized spacial score (nSPS) is 15.0. The van der Waals surface area contributed by atoms with Crippen LogP contribution in [0, 0.1) is 5.92 Å². The van der Waals surface area contributed by atoms with Crippen molar-refractivity contribution in [1.29, 1.82) is 0 Å². The van der Waals surface area contributed by atoms with Crippen molar-refractivity contribution in [2.45, 2.75) is 44.9 Å². The molecule has 0 bridgehead atoms. The number of ketones is 1. The van der Waals surface area contributed by atoms with E-state index < -0.39 is 0 Å². The third-order valence-electron chi connectivity index (χ3n) is 5.38. The summed E-state index contributed by atoms with van der Waals surface area (Å²) < 4.78 is 0. The van der Waals surface area contributed by atoms with Gasteiger partial charge >= 0.3 is 0 Å². The minimum atomic E-state index is 0.315. The van der Waals surface area contributed by atoms with Crippen molar-refractivity contribution in [3.05, 3.63) is 53.1 Å². The fraction of sp³-hybridized carbons (Fsp3) is 0.364. The molecule has 0 spiro atoms. The van der Waals surface area contributed by atoms with Crippen LogP contribution in [-0.2, 0) is 11.2 Å². The topological polar surface area (TPSA) is 45.8 Å². The van der Waals surface area contributed by atoms with E-state index in [-0.39, 0.29) is 0 Å². The highest BCUT2D eigenvalue weighted by atomic mass is 35.5. The number of aromatic nitrogens is 2. The summed E-state index contributed by atoms with van der Waals surface area (Å²) in [4.78, 5) is 20.3. The number of carbonyl (C=O) groups excluding carboxylic acids is 1. The SMILES string of the molecule is O=C(CCC1CCCC1)Cc1ccc(Cl)c(-c2nc3ccccc3[nH]2)c1. The summed E-state index contributed by atoms with van der Waals surface area (Å²) in [7, 11) is 0. The molecule has 1 saturated carbocycles. The third kappa shape index (κ3) is 3.83. The number of aromatic amines is 1. The summed E-state index contributed by atoms with van der Waals surface area (Å²) >= 11 is 6.40. The molecule has 0 saturated heterocycles. The third-order valence-corrected chi connectivity index (χ3v) is 5.71. The molecule has 0 aliphatic heterocycles. The van der Waals surface area contributed by atoms with Crippen LogP contribution in [0.15, 0.2) is 42.5 Å². The summed E-state index contributed by atoms with van der Waals surface area (Å²) in [5.74, 6) is 1.82. The average Bonchev–Trinajstić information content (AvgIpc) is 3.31. The molecule has 1 N–H and O–H groups in total. The molecule has 3 aromatic rings. The Bertz CT molecular complexity index is 892. The Morgan fingerprint density at radius 3 is 2.77 bits per heavy atom. The molecule has 4 rings (SSSR count). The Hall–Kier alpha value is -2.13. The first kappa shape index (κ1) is 17.3. The number of imidazole rings is 1. The van der Waals surface area contributed by atoms with Crippen LogP contribution in [-0.4, -0.2) is 15.8 Å². The Kier molecular flexibility index (Phi) is 5.07. The quantitative estimate of drug-likeness (QED) is 0.584. The van der Waals surface area contributed by atoms with Crippen LogP contribution in [0.5, 0.6) is 0 Å². The fourth-order valence-electron chi connectivity index (χ4n) is 3.92. The van der Waals surface area contributed by atoms with Gasteiger partial charge in [-0.3, -0.25) is 4.79 Å². The van der Waals surface area contributed by atoms with Crippen LogP contribution < -0.4 is 0 Å². The molecule has 4 heteroatoms. The van der Waals surface area contributed by atoms with Crippen molar-refractivity contribution in [3.63, 3.8) is 0 Å². The highest BCUT2D eigenvalue weighted by molar-refractivity contribution is 6.33. The number of para-hydroxylation sites is 2. The van der Waals surface area contributed by atoms with E-state index in [0.29, 0.717) is 23.6 Å². The number of benzene rings is 2. The zero-order valence-corrected chi connectivity index (χ0v) is 15.6. The van der Waals surface area contributed by atoms with Gasteiger partial charge < -0.3 is 4.98 Å². The maximum Gasteiger partial charge on any atom is 0.140 e. The van der Waals surface area contributed by atoms with Gasteiger partial charge in [-0.2, -0.15) is 0 Å². The molecular weight excluding hydrogens is 344 g/mol. The van der Waals surface area contributed by atoms with Gasteiger partial charge in [-0.25, -0.2) is 4.98 Å². The number of hydrogen-bond donors (Lipinski definition) is 1. The number of carbonyl (C=O) groups is 1. The van der Waals surface area contributed by atoms with Gasteiger partial charge in [-0.1, -0.05) is 55.5 Å². The number of halogens is 1. The molecule has 1 aliphatic rings. The highest BCUT2D eigenvalue weighted by Crippen LogP contribution is 2.30. The van der Waals surface area contributed by atoms with Crippen molar-refractivity contribution in [3.8, 4) is 11.4 Å². The van der Waals surface area contributed by atoms with Gasteiger partial charge in [0.05, 0.1) is 16.1 Å². The zero-order chi connectivity index (χ0) is 17.9. The van der Waals surface area contributed by atoms with Crippen LogP contribution in [0.25, 0.3) is 22.4 Å². The highest BCUT2D eigenvalue weighted by Gasteiger charge is 2.17. The molecule has 0 atom stereocenters. The van der Waals surface area contributed by atoms with Crippen LogP contribution >= 0.6 is 11.6 Å². The number of nitrogens with one attached hydrogen (secondary N) is 1. The lowest BCUT2D eigenvalue weighted by Crippen LogP contribution is -2.05. The predicted molar refractivity (Wildman–Crippen MR) is 106 cm³/mol.